The lowest BCUT2D eigenvalue weighted by atomic mass is 9.77. The van der Waals surface area contributed by atoms with E-state index in [0.29, 0.717) is 30.5 Å². The maximum atomic E-state index is 10.7. The summed E-state index contributed by atoms with van der Waals surface area (Å²) >= 11 is 0. The highest BCUT2D eigenvalue weighted by Gasteiger charge is 2.33. The van der Waals surface area contributed by atoms with Gasteiger partial charge in [-0.1, -0.05) is 20.3 Å². The average molecular weight is 241 g/mol. The summed E-state index contributed by atoms with van der Waals surface area (Å²) in [4.78, 5) is 13.2. The standard InChI is InChI=1S/C14H27NO2/c1-10(2)15(9-8-13(16)17)14-11(3)6-5-7-12(14)4/h10-12,14H,5-9H2,1-4H3,(H,16,17). The Kier molecular flexibility index (Phi) is 5.44. The Bertz CT molecular complexity index is 243. The topological polar surface area (TPSA) is 40.5 Å². The fraction of sp³-hybridized carbons (Fsp3) is 0.929. The Hall–Kier alpha value is -0.570. The number of carboxylic acid groups (broad SMARTS) is 1. The second-order valence-electron chi connectivity index (χ2n) is 5.85. The predicted octanol–water partition coefficient (Wildman–Crippen LogP) is 3.00. The molecular formula is C14H27NO2. The fourth-order valence-electron chi connectivity index (χ4n) is 3.29. The van der Waals surface area contributed by atoms with Crippen molar-refractivity contribution in [1.29, 1.82) is 0 Å². The van der Waals surface area contributed by atoms with Crippen LogP contribution in [0.25, 0.3) is 0 Å². The van der Waals surface area contributed by atoms with Gasteiger partial charge < -0.3 is 5.11 Å². The minimum atomic E-state index is -0.688. The van der Waals surface area contributed by atoms with Crippen LogP contribution in [-0.2, 0) is 4.79 Å². The molecule has 1 N–H and O–H groups in total. The third kappa shape index (κ3) is 3.98. The quantitative estimate of drug-likeness (QED) is 0.804. The average Bonchev–Trinajstić information content (AvgIpc) is 2.21. The maximum Gasteiger partial charge on any atom is 0.304 e. The third-order valence-corrected chi connectivity index (χ3v) is 4.12. The number of hydrogen-bond acceptors (Lipinski definition) is 2. The van der Waals surface area contributed by atoms with E-state index >= 15 is 0 Å². The van der Waals surface area contributed by atoms with E-state index in [1.807, 2.05) is 0 Å². The molecule has 0 aromatic heterocycles. The molecule has 1 aliphatic rings. The molecular weight excluding hydrogens is 214 g/mol. The highest BCUT2D eigenvalue weighted by atomic mass is 16.4. The van der Waals surface area contributed by atoms with Gasteiger partial charge in [0, 0.05) is 18.6 Å². The van der Waals surface area contributed by atoms with Crippen LogP contribution in [-0.4, -0.2) is 34.6 Å². The van der Waals surface area contributed by atoms with Gasteiger partial charge in [0.25, 0.3) is 0 Å². The predicted molar refractivity (Wildman–Crippen MR) is 70.1 cm³/mol. The van der Waals surface area contributed by atoms with Crippen molar-refractivity contribution < 1.29 is 9.90 Å². The van der Waals surface area contributed by atoms with Crippen molar-refractivity contribution in [3.63, 3.8) is 0 Å². The molecule has 0 aromatic carbocycles. The first kappa shape index (κ1) is 14.5. The van der Waals surface area contributed by atoms with E-state index in [0.717, 1.165) is 0 Å². The van der Waals surface area contributed by atoms with E-state index in [4.69, 9.17) is 5.11 Å². The molecule has 3 nitrogen and oxygen atoms in total. The summed E-state index contributed by atoms with van der Waals surface area (Å²) in [5.74, 6) is 0.691. The maximum absolute atomic E-state index is 10.7. The molecule has 0 aliphatic heterocycles. The molecule has 0 heterocycles. The summed E-state index contributed by atoms with van der Waals surface area (Å²) in [6.07, 6.45) is 4.15. The Labute approximate surface area is 105 Å². The summed E-state index contributed by atoms with van der Waals surface area (Å²) in [5, 5.41) is 8.85. The zero-order valence-corrected chi connectivity index (χ0v) is 11.6. The van der Waals surface area contributed by atoms with E-state index in [2.05, 4.69) is 32.6 Å². The van der Waals surface area contributed by atoms with Gasteiger partial charge in [0.15, 0.2) is 0 Å². The van der Waals surface area contributed by atoms with Gasteiger partial charge in [-0.3, -0.25) is 9.69 Å². The molecule has 1 aliphatic carbocycles. The lowest BCUT2D eigenvalue weighted by Crippen LogP contribution is -2.50. The second-order valence-corrected chi connectivity index (χ2v) is 5.85. The molecule has 0 aromatic rings. The first-order valence-corrected chi connectivity index (χ1v) is 6.91. The van der Waals surface area contributed by atoms with Gasteiger partial charge in [-0.15, -0.1) is 0 Å². The number of carbonyl (C=O) groups is 1. The van der Waals surface area contributed by atoms with E-state index in [-0.39, 0.29) is 6.42 Å². The zero-order chi connectivity index (χ0) is 13.0. The number of hydrogen-bond donors (Lipinski definition) is 1. The molecule has 1 rings (SSSR count). The van der Waals surface area contributed by atoms with Crippen LogP contribution in [0, 0.1) is 11.8 Å². The molecule has 1 fully saturated rings. The summed E-state index contributed by atoms with van der Waals surface area (Å²) in [7, 11) is 0. The van der Waals surface area contributed by atoms with Crippen LogP contribution in [0.3, 0.4) is 0 Å². The Balaban J connectivity index is 2.69. The zero-order valence-electron chi connectivity index (χ0n) is 11.6. The lowest BCUT2D eigenvalue weighted by Gasteiger charge is -2.44. The van der Waals surface area contributed by atoms with Crippen LogP contribution in [0.15, 0.2) is 0 Å². The molecule has 0 radical (unpaired) electrons. The molecule has 100 valence electrons. The molecule has 0 saturated heterocycles. The minimum Gasteiger partial charge on any atom is -0.481 e. The van der Waals surface area contributed by atoms with Crippen molar-refractivity contribution in [1.82, 2.24) is 4.90 Å². The molecule has 1 saturated carbocycles. The SMILES string of the molecule is CC1CCCC(C)C1N(CCC(=O)O)C(C)C. The Morgan fingerprint density at radius 2 is 1.82 bits per heavy atom. The Morgan fingerprint density at radius 1 is 1.29 bits per heavy atom. The van der Waals surface area contributed by atoms with Gasteiger partial charge in [-0.05, 0) is 38.5 Å². The second kappa shape index (κ2) is 6.39. The number of rotatable bonds is 5. The minimum absolute atomic E-state index is 0.258. The van der Waals surface area contributed by atoms with Crippen molar-refractivity contribution >= 4 is 5.97 Å². The highest BCUT2D eigenvalue weighted by molar-refractivity contribution is 5.66. The van der Waals surface area contributed by atoms with Gasteiger partial charge in [0.1, 0.15) is 0 Å². The molecule has 0 bridgehead atoms. The number of carboxylic acids is 1. The van der Waals surface area contributed by atoms with Gasteiger partial charge in [0.2, 0.25) is 0 Å². The lowest BCUT2D eigenvalue weighted by molar-refractivity contribution is -0.137. The van der Waals surface area contributed by atoms with Crippen LogP contribution in [0.2, 0.25) is 0 Å². The molecule has 0 amide bonds. The van der Waals surface area contributed by atoms with Gasteiger partial charge in [-0.25, -0.2) is 0 Å². The first-order valence-electron chi connectivity index (χ1n) is 6.91. The largest absolute Gasteiger partial charge is 0.481 e. The summed E-state index contributed by atoms with van der Waals surface area (Å²) in [5.41, 5.74) is 0. The van der Waals surface area contributed by atoms with Crippen molar-refractivity contribution in [2.45, 2.75) is 65.5 Å². The number of aliphatic carboxylic acids is 1. The van der Waals surface area contributed by atoms with Gasteiger partial charge >= 0.3 is 5.97 Å². The summed E-state index contributed by atoms with van der Waals surface area (Å²) in [6.45, 7) is 9.67. The van der Waals surface area contributed by atoms with Crippen LogP contribution in [0.4, 0.5) is 0 Å². The monoisotopic (exact) mass is 241 g/mol. The van der Waals surface area contributed by atoms with Crippen LogP contribution in [0.5, 0.6) is 0 Å². The summed E-state index contributed by atoms with van der Waals surface area (Å²) < 4.78 is 0. The summed E-state index contributed by atoms with van der Waals surface area (Å²) in [6, 6.07) is 0.991. The number of nitrogens with zero attached hydrogens (tertiary/aromatic N) is 1. The normalized spacial score (nSPS) is 29.9. The Morgan fingerprint density at radius 3 is 2.24 bits per heavy atom. The molecule has 0 spiro atoms. The van der Waals surface area contributed by atoms with Crippen molar-refractivity contribution in [2.75, 3.05) is 6.54 Å². The van der Waals surface area contributed by atoms with E-state index in [1.165, 1.54) is 19.3 Å². The third-order valence-electron chi connectivity index (χ3n) is 4.12. The van der Waals surface area contributed by atoms with Crippen molar-refractivity contribution in [3.05, 3.63) is 0 Å². The van der Waals surface area contributed by atoms with Crippen LogP contribution >= 0.6 is 0 Å². The fourth-order valence-corrected chi connectivity index (χ4v) is 3.29. The smallest absolute Gasteiger partial charge is 0.304 e. The van der Waals surface area contributed by atoms with E-state index < -0.39 is 5.97 Å². The van der Waals surface area contributed by atoms with Gasteiger partial charge in [-0.2, -0.15) is 0 Å². The van der Waals surface area contributed by atoms with E-state index in [1.54, 1.807) is 0 Å². The van der Waals surface area contributed by atoms with Crippen LogP contribution < -0.4 is 0 Å². The van der Waals surface area contributed by atoms with E-state index in [9.17, 15) is 4.79 Å². The van der Waals surface area contributed by atoms with Crippen molar-refractivity contribution in [3.8, 4) is 0 Å². The molecule has 3 heteroatoms. The van der Waals surface area contributed by atoms with Crippen LogP contribution in [0.1, 0.15) is 53.4 Å². The first-order chi connectivity index (χ1) is 7.93. The highest BCUT2D eigenvalue weighted by Crippen LogP contribution is 2.33. The van der Waals surface area contributed by atoms with Crippen molar-refractivity contribution in [2.24, 2.45) is 11.8 Å². The molecule has 17 heavy (non-hydrogen) atoms. The molecule has 2 unspecified atom stereocenters. The molecule has 2 atom stereocenters. The van der Waals surface area contributed by atoms with Gasteiger partial charge in [0.05, 0.1) is 6.42 Å².